The Morgan fingerprint density at radius 3 is 2.69 bits per heavy atom. The van der Waals surface area contributed by atoms with Crippen molar-refractivity contribution < 1.29 is 19.5 Å². The van der Waals surface area contributed by atoms with Gasteiger partial charge in [-0.3, -0.25) is 0 Å². The van der Waals surface area contributed by atoms with Gasteiger partial charge in [-0.05, 0) is 6.07 Å². The summed E-state index contributed by atoms with van der Waals surface area (Å²) in [5.74, 6) is 1.00. The Morgan fingerprint density at radius 2 is 1.92 bits per heavy atom. The van der Waals surface area contributed by atoms with Crippen molar-refractivity contribution in [2.45, 2.75) is 0 Å². The van der Waals surface area contributed by atoms with Gasteiger partial charge in [0, 0.05) is 5.46 Å². The van der Waals surface area contributed by atoms with Crippen LogP contribution in [0.25, 0.3) is 0 Å². The molecule has 68 valence electrons. The van der Waals surface area contributed by atoms with Crippen molar-refractivity contribution in [3.8, 4) is 11.5 Å². The largest absolute Gasteiger partial charge is 0.492 e. The van der Waals surface area contributed by atoms with Crippen molar-refractivity contribution in [1.82, 2.24) is 0 Å². The molecule has 0 aromatic heterocycles. The van der Waals surface area contributed by atoms with Crippen LogP contribution in [0.5, 0.6) is 11.5 Å². The fourth-order valence-corrected chi connectivity index (χ4v) is 1.30. The summed E-state index contributed by atoms with van der Waals surface area (Å²) in [5.41, 5.74) is 0.345. The van der Waals surface area contributed by atoms with Crippen LogP contribution in [0.4, 0.5) is 0 Å². The van der Waals surface area contributed by atoms with E-state index >= 15 is 0 Å². The van der Waals surface area contributed by atoms with Gasteiger partial charge in [0.15, 0.2) is 11.5 Å². The second-order valence-electron chi connectivity index (χ2n) is 2.75. The molecule has 1 aliphatic rings. The number of benzene rings is 1. The van der Waals surface area contributed by atoms with Gasteiger partial charge in [-0.2, -0.15) is 0 Å². The smallest absolute Gasteiger partial charge is 0.487 e. The molecule has 0 spiro atoms. The molecule has 0 unspecified atom stereocenters. The standard InChI is InChI=1S/C8H9BO4/c10-9(11)6-2-1-3-7-8(6)13-5-4-12-7/h1-3,10-11H,4-5H2. The molecule has 2 rings (SSSR count). The highest BCUT2D eigenvalue weighted by atomic mass is 16.6. The van der Waals surface area contributed by atoms with E-state index in [2.05, 4.69) is 0 Å². The van der Waals surface area contributed by atoms with E-state index in [1.807, 2.05) is 0 Å². The molecule has 5 heteroatoms. The van der Waals surface area contributed by atoms with Crippen molar-refractivity contribution in [2.75, 3.05) is 13.2 Å². The van der Waals surface area contributed by atoms with Crippen LogP contribution in [-0.4, -0.2) is 30.4 Å². The van der Waals surface area contributed by atoms with Crippen LogP contribution in [0.2, 0.25) is 0 Å². The molecule has 1 aromatic rings. The minimum atomic E-state index is -1.52. The molecule has 0 saturated carbocycles. The molecule has 1 aromatic carbocycles. The first kappa shape index (κ1) is 8.41. The Bertz CT molecular complexity index is 313. The fraction of sp³-hybridized carbons (Fsp3) is 0.250. The molecule has 13 heavy (non-hydrogen) atoms. The highest BCUT2D eigenvalue weighted by molar-refractivity contribution is 6.59. The molecular weight excluding hydrogens is 171 g/mol. The molecular formula is C8H9BO4. The third-order valence-corrected chi connectivity index (χ3v) is 1.87. The Hall–Kier alpha value is -1.20. The van der Waals surface area contributed by atoms with Crippen LogP contribution in [0.1, 0.15) is 0 Å². The van der Waals surface area contributed by atoms with E-state index in [1.54, 1.807) is 18.2 Å². The first-order chi connectivity index (χ1) is 6.29. The molecule has 0 radical (unpaired) electrons. The Balaban J connectivity index is 2.46. The molecule has 0 fully saturated rings. The van der Waals surface area contributed by atoms with Crippen LogP contribution in [0.3, 0.4) is 0 Å². The third kappa shape index (κ3) is 1.48. The van der Waals surface area contributed by atoms with Crippen molar-refractivity contribution in [2.24, 2.45) is 0 Å². The van der Waals surface area contributed by atoms with Gasteiger partial charge in [0.25, 0.3) is 0 Å². The Morgan fingerprint density at radius 1 is 1.15 bits per heavy atom. The van der Waals surface area contributed by atoms with Gasteiger partial charge in [-0.1, -0.05) is 12.1 Å². The van der Waals surface area contributed by atoms with Gasteiger partial charge in [-0.15, -0.1) is 0 Å². The first-order valence-corrected chi connectivity index (χ1v) is 4.03. The average molecular weight is 180 g/mol. The Labute approximate surface area is 75.9 Å². The summed E-state index contributed by atoms with van der Waals surface area (Å²) in [6, 6.07) is 5.03. The number of ether oxygens (including phenoxy) is 2. The summed E-state index contributed by atoms with van der Waals surface area (Å²) in [6.45, 7) is 0.939. The predicted octanol–water partition coefficient (Wildman–Crippen LogP) is -0.862. The minimum Gasteiger partial charge on any atom is -0.487 e. The molecule has 2 N–H and O–H groups in total. The van der Waals surface area contributed by atoms with Gasteiger partial charge in [0.2, 0.25) is 0 Å². The van der Waals surface area contributed by atoms with Crippen LogP contribution in [-0.2, 0) is 0 Å². The summed E-state index contributed by atoms with van der Waals surface area (Å²) < 4.78 is 10.5. The second kappa shape index (κ2) is 3.28. The zero-order valence-electron chi connectivity index (χ0n) is 6.93. The van der Waals surface area contributed by atoms with Crippen LogP contribution >= 0.6 is 0 Å². The van der Waals surface area contributed by atoms with E-state index in [0.29, 0.717) is 30.2 Å². The van der Waals surface area contributed by atoms with E-state index in [0.717, 1.165) is 0 Å². The normalized spacial score (nSPS) is 14.0. The lowest BCUT2D eigenvalue weighted by Crippen LogP contribution is -2.33. The summed E-state index contributed by atoms with van der Waals surface area (Å²) in [4.78, 5) is 0. The van der Waals surface area contributed by atoms with E-state index in [1.165, 1.54) is 0 Å². The quantitative estimate of drug-likeness (QED) is 0.552. The lowest BCUT2D eigenvalue weighted by molar-refractivity contribution is 0.172. The summed E-state index contributed by atoms with van der Waals surface area (Å²) in [7, 11) is -1.52. The third-order valence-electron chi connectivity index (χ3n) is 1.87. The van der Waals surface area contributed by atoms with Gasteiger partial charge in [0.05, 0.1) is 0 Å². The van der Waals surface area contributed by atoms with Crippen LogP contribution in [0, 0.1) is 0 Å². The Kier molecular flexibility index (Phi) is 2.12. The maximum atomic E-state index is 9.00. The summed E-state index contributed by atoms with van der Waals surface area (Å²) >= 11 is 0. The van der Waals surface area contributed by atoms with Gasteiger partial charge < -0.3 is 19.5 Å². The van der Waals surface area contributed by atoms with Gasteiger partial charge in [-0.25, -0.2) is 0 Å². The molecule has 0 atom stereocenters. The first-order valence-electron chi connectivity index (χ1n) is 4.03. The van der Waals surface area contributed by atoms with Crippen LogP contribution in [0.15, 0.2) is 18.2 Å². The van der Waals surface area contributed by atoms with Crippen molar-refractivity contribution in [3.05, 3.63) is 18.2 Å². The number of rotatable bonds is 1. The van der Waals surface area contributed by atoms with E-state index in [9.17, 15) is 0 Å². The molecule has 0 saturated heterocycles. The van der Waals surface area contributed by atoms with E-state index in [-0.39, 0.29) is 0 Å². The lowest BCUT2D eigenvalue weighted by Gasteiger charge is -2.20. The molecule has 1 aliphatic heterocycles. The zero-order chi connectivity index (χ0) is 9.26. The maximum absolute atomic E-state index is 9.00. The highest BCUT2D eigenvalue weighted by Gasteiger charge is 2.22. The van der Waals surface area contributed by atoms with Crippen molar-refractivity contribution in [1.29, 1.82) is 0 Å². The molecule has 0 bridgehead atoms. The summed E-state index contributed by atoms with van der Waals surface area (Å²) in [5, 5.41) is 18.0. The number of hydrogen-bond donors (Lipinski definition) is 2. The second-order valence-corrected chi connectivity index (χ2v) is 2.75. The monoisotopic (exact) mass is 180 g/mol. The van der Waals surface area contributed by atoms with Crippen molar-refractivity contribution in [3.63, 3.8) is 0 Å². The van der Waals surface area contributed by atoms with Gasteiger partial charge >= 0.3 is 7.12 Å². The van der Waals surface area contributed by atoms with Crippen molar-refractivity contribution >= 4 is 12.6 Å². The molecule has 1 heterocycles. The predicted molar refractivity (Wildman–Crippen MR) is 47.3 cm³/mol. The fourth-order valence-electron chi connectivity index (χ4n) is 1.30. The number of para-hydroxylation sites is 1. The average Bonchev–Trinajstić information content (AvgIpc) is 2.17. The topological polar surface area (TPSA) is 58.9 Å². The summed E-state index contributed by atoms with van der Waals surface area (Å²) in [6.07, 6.45) is 0. The molecule has 4 nitrogen and oxygen atoms in total. The van der Waals surface area contributed by atoms with Gasteiger partial charge in [0.1, 0.15) is 13.2 Å². The SMILES string of the molecule is OB(O)c1cccc2c1OCCO2. The number of fused-ring (bicyclic) bond motifs is 1. The molecule has 0 aliphatic carbocycles. The number of hydrogen-bond acceptors (Lipinski definition) is 4. The maximum Gasteiger partial charge on any atom is 0.492 e. The van der Waals surface area contributed by atoms with Crippen LogP contribution < -0.4 is 14.9 Å². The van der Waals surface area contributed by atoms with E-state index < -0.39 is 7.12 Å². The molecule has 0 amide bonds. The highest BCUT2D eigenvalue weighted by Crippen LogP contribution is 2.27. The minimum absolute atomic E-state index is 0.345. The lowest BCUT2D eigenvalue weighted by atomic mass is 9.79. The van der Waals surface area contributed by atoms with E-state index in [4.69, 9.17) is 19.5 Å². The zero-order valence-corrected chi connectivity index (χ0v) is 6.93.